The third kappa shape index (κ3) is 3.10. The fourth-order valence-corrected chi connectivity index (χ4v) is 2.60. The number of hydrogen-bond donors (Lipinski definition) is 1. The summed E-state index contributed by atoms with van der Waals surface area (Å²) in [6, 6.07) is 15.4. The van der Waals surface area contributed by atoms with Gasteiger partial charge >= 0.3 is 0 Å². The van der Waals surface area contributed by atoms with Crippen LogP contribution in [0.1, 0.15) is 10.4 Å². The van der Waals surface area contributed by atoms with E-state index in [1.54, 1.807) is 18.2 Å². The van der Waals surface area contributed by atoms with Crippen LogP contribution in [-0.2, 0) is 0 Å². The summed E-state index contributed by atoms with van der Waals surface area (Å²) in [6.45, 7) is 0. The van der Waals surface area contributed by atoms with Gasteiger partial charge in [-0.2, -0.15) is 5.10 Å². The summed E-state index contributed by atoms with van der Waals surface area (Å²) in [5, 5.41) is 6.59. The summed E-state index contributed by atoms with van der Waals surface area (Å²) in [4.78, 5) is 16.2. The van der Waals surface area contributed by atoms with Crippen molar-refractivity contribution in [3.8, 4) is 11.4 Å². The largest absolute Gasteiger partial charge is 0.324 e. The highest BCUT2D eigenvalue weighted by Crippen LogP contribution is 2.18. The number of nitrogens with one attached hydrogen (secondary N) is 1. The van der Waals surface area contributed by atoms with Crippen molar-refractivity contribution >= 4 is 11.6 Å². The van der Waals surface area contributed by atoms with Crippen molar-refractivity contribution in [3.05, 3.63) is 91.0 Å². The second-order valence-electron chi connectivity index (χ2n) is 5.60. The third-order valence-electron chi connectivity index (χ3n) is 3.90. The SMILES string of the molecule is O=C(Nc1ccc(-n2cncn2)c(F)c1)c1ccc(-n2cccc2)cc1. The summed E-state index contributed by atoms with van der Waals surface area (Å²) >= 11 is 0. The minimum atomic E-state index is -0.503. The predicted octanol–water partition coefficient (Wildman–Crippen LogP) is 3.45. The number of hydrogen-bond acceptors (Lipinski definition) is 3. The van der Waals surface area contributed by atoms with E-state index in [2.05, 4.69) is 15.4 Å². The first-order chi connectivity index (χ1) is 12.7. The molecule has 0 aliphatic heterocycles. The predicted molar refractivity (Wildman–Crippen MR) is 95.0 cm³/mol. The first kappa shape index (κ1) is 15.8. The quantitative estimate of drug-likeness (QED) is 0.615. The molecular weight excluding hydrogens is 333 g/mol. The molecule has 2 heterocycles. The Morgan fingerprint density at radius 3 is 2.46 bits per heavy atom. The standard InChI is InChI=1S/C19H14FN5O/c20-17-11-15(5-8-18(17)25-13-21-12-22-25)23-19(26)14-3-6-16(7-4-14)24-9-1-2-10-24/h1-13H,(H,23,26). The molecule has 0 fully saturated rings. The van der Waals surface area contributed by atoms with Crippen molar-refractivity contribution in [2.24, 2.45) is 0 Å². The van der Waals surface area contributed by atoms with Crippen LogP contribution in [-0.4, -0.2) is 25.2 Å². The average molecular weight is 347 g/mol. The second-order valence-corrected chi connectivity index (χ2v) is 5.60. The Balaban J connectivity index is 1.50. The van der Waals surface area contributed by atoms with Gasteiger partial charge in [-0.25, -0.2) is 14.1 Å². The number of anilines is 1. The smallest absolute Gasteiger partial charge is 0.255 e. The zero-order chi connectivity index (χ0) is 17.9. The molecule has 7 heteroatoms. The molecule has 26 heavy (non-hydrogen) atoms. The van der Waals surface area contributed by atoms with Crippen LogP contribution in [0, 0.1) is 5.82 Å². The zero-order valence-corrected chi connectivity index (χ0v) is 13.6. The fraction of sp³-hybridized carbons (Fsp3) is 0. The lowest BCUT2D eigenvalue weighted by atomic mass is 10.2. The summed E-state index contributed by atoms with van der Waals surface area (Å²) in [5.41, 5.74) is 2.07. The molecule has 1 N–H and O–H groups in total. The Bertz CT molecular complexity index is 1020. The van der Waals surface area contributed by atoms with E-state index in [1.165, 1.54) is 29.5 Å². The third-order valence-corrected chi connectivity index (χ3v) is 3.90. The van der Waals surface area contributed by atoms with E-state index >= 15 is 0 Å². The van der Waals surface area contributed by atoms with Gasteiger partial charge in [-0.05, 0) is 54.6 Å². The summed E-state index contributed by atoms with van der Waals surface area (Å²) in [6.07, 6.45) is 6.58. The Hall–Kier alpha value is -3.74. The van der Waals surface area contributed by atoms with Crippen LogP contribution in [0.25, 0.3) is 11.4 Å². The van der Waals surface area contributed by atoms with Gasteiger partial charge in [0.25, 0.3) is 5.91 Å². The maximum atomic E-state index is 14.2. The van der Waals surface area contributed by atoms with E-state index in [-0.39, 0.29) is 11.6 Å². The number of halogens is 1. The van der Waals surface area contributed by atoms with Crippen molar-refractivity contribution in [1.29, 1.82) is 0 Å². The first-order valence-electron chi connectivity index (χ1n) is 7.90. The highest BCUT2D eigenvalue weighted by molar-refractivity contribution is 6.04. The molecule has 4 aromatic rings. The van der Waals surface area contributed by atoms with E-state index in [0.29, 0.717) is 11.3 Å². The van der Waals surface area contributed by atoms with Crippen LogP contribution >= 0.6 is 0 Å². The second kappa shape index (κ2) is 6.64. The molecule has 6 nitrogen and oxygen atoms in total. The number of benzene rings is 2. The highest BCUT2D eigenvalue weighted by atomic mass is 19.1. The molecule has 128 valence electrons. The summed E-state index contributed by atoms with van der Waals surface area (Å²) in [7, 11) is 0. The molecule has 0 atom stereocenters. The van der Waals surface area contributed by atoms with Gasteiger partial charge in [-0.1, -0.05) is 0 Å². The van der Waals surface area contributed by atoms with Crippen LogP contribution in [0.15, 0.2) is 79.6 Å². The van der Waals surface area contributed by atoms with Crippen molar-refractivity contribution in [2.75, 3.05) is 5.32 Å². The van der Waals surface area contributed by atoms with Gasteiger partial charge in [-0.15, -0.1) is 0 Å². The highest BCUT2D eigenvalue weighted by Gasteiger charge is 2.10. The van der Waals surface area contributed by atoms with Gasteiger partial charge < -0.3 is 9.88 Å². The van der Waals surface area contributed by atoms with Crippen LogP contribution in [0.4, 0.5) is 10.1 Å². The molecule has 0 bridgehead atoms. The van der Waals surface area contributed by atoms with Gasteiger partial charge in [-0.3, -0.25) is 4.79 Å². The Kier molecular flexibility index (Phi) is 4.03. The van der Waals surface area contributed by atoms with E-state index < -0.39 is 5.82 Å². The van der Waals surface area contributed by atoms with Gasteiger partial charge in [0.05, 0.1) is 0 Å². The first-order valence-corrected chi connectivity index (χ1v) is 7.90. The molecule has 0 spiro atoms. The lowest BCUT2D eigenvalue weighted by Gasteiger charge is -2.09. The molecule has 2 aromatic carbocycles. The van der Waals surface area contributed by atoms with Crippen molar-refractivity contribution in [2.45, 2.75) is 0 Å². The summed E-state index contributed by atoms with van der Waals surface area (Å²) in [5.74, 6) is -0.812. The van der Waals surface area contributed by atoms with Crippen LogP contribution in [0.3, 0.4) is 0 Å². The van der Waals surface area contributed by atoms with E-state index in [9.17, 15) is 9.18 Å². The molecule has 0 saturated carbocycles. The molecule has 1 amide bonds. The molecule has 0 unspecified atom stereocenters. The minimum absolute atomic E-state index is 0.261. The van der Waals surface area contributed by atoms with Crippen molar-refractivity contribution < 1.29 is 9.18 Å². The molecule has 0 saturated heterocycles. The maximum Gasteiger partial charge on any atom is 0.255 e. The Morgan fingerprint density at radius 2 is 1.81 bits per heavy atom. The average Bonchev–Trinajstić information content (AvgIpc) is 3.36. The van der Waals surface area contributed by atoms with Crippen molar-refractivity contribution in [1.82, 2.24) is 19.3 Å². The molecule has 4 rings (SSSR count). The van der Waals surface area contributed by atoms with Gasteiger partial charge in [0, 0.05) is 29.3 Å². The van der Waals surface area contributed by atoms with Crippen LogP contribution in [0.2, 0.25) is 0 Å². The number of aromatic nitrogens is 4. The fourth-order valence-electron chi connectivity index (χ4n) is 2.60. The number of carbonyl (C=O) groups excluding carboxylic acids is 1. The van der Waals surface area contributed by atoms with Crippen molar-refractivity contribution in [3.63, 3.8) is 0 Å². The van der Waals surface area contributed by atoms with E-state index in [1.807, 2.05) is 41.2 Å². The maximum absolute atomic E-state index is 14.2. The number of rotatable bonds is 4. The molecular formula is C19H14FN5O. The minimum Gasteiger partial charge on any atom is -0.324 e. The summed E-state index contributed by atoms with van der Waals surface area (Å²) < 4.78 is 17.5. The van der Waals surface area contributed by atoms with E-state index in [0.717, 1.165) is 5.69 Å². The zero-order valence-electron chi connectivity index (χ0n) is 13.6. The lowest BCUT2D eigenvalue weighted by molar-refractivity contribution is 0.102. The van der Waals surface area contributed by atoms with Gasteiger partial charge in [0.2, 0.25) is 0 Å². The Morgan fingerprint density at radius 1 is 1.04 bits per heavy atom. The van der Waals surface area contributed by atoms with E-state index in [4.69, 9.17) is 0 Å². The number of carbonyl (C=O) groups is 1. The topological polar surface area (TPSA) is 64.7 Å². The van der Waals surface area contributed by atoms with Crippen LogP contribution in [0.5, 0.6) is 0 Å². The Labute approximate surface area is 148 Å². The molecule has 2 aromatic heterocycles. The number of amides is 1. The molecule has 0 aliphatic rings. The molecule has 0 aliphatic carbocycles. The van der Waals surface area contributed by atoms with Crippen LogP contribution < -0.4 is 5.32 Å². The normalized spacial score (nSPS) is 10.7. The number of nitrogens with zero attached hydrogens (tertiary/aromatic N) is 4. The molecule has 0 radical (unpaired) electrons. The van der Waals surface area contributed by atoms with Gasteiger partial charge in [0.15, 0.2) is 5.82 Å². The lowest BCUT2D eigenvalue weighted by Crippen LogP contribution is -2.12. The van der Waals surface area contributed by atoms with Gasteiger partial charge in [0.1, 0.15) is 18.3 Å². The monoisotopic (exact) mass is 347 g/mol.